The molecule has 0 unspecified atom stereocenters. The molecule has 2 N–H and O–H groups in total. The minimum Gasteiger partial charge on any atom is -0.372 e. The molecule has 9 nitrogen and oxygen atoms in total. The lowest BCUT2D eigenvalue weighted by molar-refractivity contribution is -0.153. The molecule has 1 spiro atoms. The van der Waals surface area contributed by atoms with E-state index in [1.165, 1.54) is 0 Å². The monoisotopic (exact) mass is 396 g/mol. The maximum atomic E-state index is 13.0. The van der Waals surface area contributed by atoms with Crippen LogP contribution in [0.25, 0.3) is 4.85 Å². The summed E-state index contributed by atoms with van der Waals surface area (Å²) in [5, 5.41) is 4.45. The molecule has 2 fully saturated rings. The molecule has 3 aliphatic rings. The van der Waals surface area contributed by atoms with Gasteiger partial charge in [0.15, 0.2) is 5.41 Å². The zero-order chi connectivity index (χ0) is 20.9. The summed E-state index contributed by atoms with van der Waals surface area (Å²) in [6.07, 6.45) is -0.556. The molecule has 3 aliphatic heterocycles. The highest BCUT2D eigenvalue weighted by Gasteiger charge is 2.62. The van der Waals surface area contributed by atoms with Gasteiger partial charge in [0.25, 0.3) is 6.54 Å². The van der Waals surface area contributed by atoms with Crippen molar-refractivity contribution in [3.8, 4) is 0 Å². The molecule has 150 valence electrons. The number of Topliss-reactive ketones (excluding diaryl/α,β-unsaturated/α-hetero) is 1. The van der Waals surface area contributed by atoms with E-state index in [4.69, 9.17) is 11.3 Å². The van der Waals surface area contributed by atoms with Gasteiger partial charge in [0, 0.05) is 17.8 Å². The first-order valence-electron chi connectivity index (χ1n) is 9.36. The van der Waals surface area contributed by atoms with Crippen LogP contribution in [0.2, 0.25) is 0 Å². The molecule has 0 saturated carbocycles. The Morgan fingerprint density at radius 1 is 1.28 bits per heavy atom. The SMILES string of the molecule is [C-]#[N+]CC(=O)c1ccc2c(c1)CC1(C(=O)NC(=O)NC1=O)[C@H]1[C@H](C)O[C@H](C)CN21. The number of ketones is 1. The molecular weight excluding hydrogens is 376 g/mol. The molecule has 0 bridgehead atoms. The summed E-state index contributed by atoms with van der Waals surface area (Å²) in [6, 6.07) is 3.64. The average molecular weight is 396 g/mol. The zero-order valence-electron chi connectivity index (χ0n) is 16.0. The third-order valence-corrected chi connectivity index (χ3v) is 5.85. The van der Waals surface area contributed by atoms with E-state index in [2.05, 4.69) is 15.5 Å². The van der Waals surface area contributed by atoms with Gasteiger partial charge in [-0.2, -0.15) is 0 Å². The summed E-state index contributed by atoms with van der Waals surface area (Å²) in [7, 11) is 0. The summed E-state index contributed by atoms with van der Waals surface area (Å²) in [6.45, 7) is 10.8. The lowest BCUT2D eigenvalue weighted by Crippen LogP contribution is -2.75. The first-order chi connectivity index (χ1) is 13.8. The number of hydrogen-bond acceptors (Lipinski definition) is 6. The number of nitrogens with zero attached hydrogens (tertiary/aromatic N) is 2. The van der Waals surface area contributed by atoms with Crippen LogP contribution in [0.5, 0.6) is 0 Å². The summed E-state index contributed by atoms with van der Waals surface area (Å²) >= 11 is 0. The minimum absolute atomic E-state index is 0.0235. The minimum atomic E-state index is -1.57. The summed E-state index contributed by atoms with van der Waals surface area (Å²) in [5.41, 5.74) is 0.259. The Morgan fingerprint density at radius 2 is 1.97 bits per heavy atom. The number of barbiturate groups is 1. The highest BCUT2D eigenvalue weighted by molar-refractivity contribution is 6.20. The Morgan fingerprint density at radius 3 is 2.62 bits per heavy atom. The number of nitrogens with one attached hydrogen (secondary N) is 2. The predicted octanol–water partition coefficient (Wildman–Crippen LogP) is 0.679. The molecule has 4 rings (SSSR count). The van der Waals surface area contributed by atoms with Gasteiger partial charge in [-0.3, -0.25) is 25.0 Å². The fraction of sp³-hybridized carbons (Fsp3) is 0.450. The number of benzene rings is 1. The van der Waals surface area contributed by atoms with Crippen molar-refractivity contribution >= 4 is 29.3 Å². The van der Waals surface area contributed by atoms with Crippen LogP contribution in [-0.2, 0) is 20.7 Å². The van der Waals surface area contributed by atoms with E-state index >= 15 is 0 Å². The first kappa shape index (κ1) is 19.1. The Hall–Kier alpha value is -3.25. The number of amides is 4. The number of carbonyl (C=O) groups excluding carboxylic acids is 4. The van der Waals surface area contributed by atoms with E-state index in [0.29, 0.717) is 17.7 Å². The summed E-state index contributed by atoms with van der Waals surface area (Å²) in [5.74, 6) is -1.67. The topological polar surface area (TPSA) is 109 Å². The molecule has 3 heterocycles. The molecule has 9 heteroatoms. The normalized spacial score (nSPS) is 27.4. The van der Waals surface area contributed by atoms with Gasteiger partial charge in [-0.05, 0) is 44.0 Å². The highest BCUT2D eigenvalue weighted by Crippen LogP contribution is 2.46. The van der Waals surface area contributed by atoms with Gasteiger partial charge in [-0.15, -0.1) is 0 Å². The molecule has 3 atom stereocenters. The standard InChI is InChI=1S/C20H20N4O5/c1-10-9-24-14-5-4-12(15(25)8-21-3)6-13(14)7-20(16(24)11(2)29-10)17(26)22-19(28)23-18(20)27/h4-6,10-11,16H,7-9H2,1-2H3,(H2,22,23,26,27,28)/t10-,11+,16-/m1/s1. The Kier molecular flexibility index (Phi) is 4.39. The third kappa shape index (κ3) is 2.79. The highest BCUT2D eigenvalue weighted by atomic mass is 16.5. The zero-order valence-corrected chi connectivity index (χ0v) is 16.0. The summed E-state index contributed by atoms with van der Waals surface area (Å²) in [4.78, 5) is 55.0. The van der Waals surface area contributed by atoms with Gasteiger partial charge in [-0.25, -0.2) is 11.4 Å². The van der Waals surface area contributed by atoms with Crippen molar-refractivity contribution in [3.63, 3.8) is 0 Å². The van der Waals surface area contributed by atoms with Gasteiger partial charge < -0.3 is 14.5 Å². The van der Waals surface area contributed by atoms with Gasteiger partial charge in [-0.1, -0.05) is 0 Å². The van der Waals surface area contributed by atoms with E-state index in [0.717, 1.165) is 5.69 Å². The van der Waals surface area contributed by atoms with Crippen LogP contribution in [0.4, 0.5) is 10.5 Å². The average Bonchev–Trinajstić information content (AvgIpc) is 2.65. The molecular formula is C20H20N4O5. The number of hydrogen-bond donors (Lipinski definition) is 2. The van der Waals surface area contributed by atoms with Crippen molar-refractivity contribution < 1.29 is 23.9 Å². The van der Waals surface area contributed by atoms with Crippen molar-refractivity contribution in [2.24, 2.45) is 5.41 Å². The second kappa shape index (κ2) is 6.67. The van der Waals surface area contributed by atoms with Crippen LogP contribution < -0.4 is 15.5 Å². The Balaban J connectivity index is 1.88. The fourth-order valence-electron chi connectivity index (χ4n) is 4.78. The van der Waals surface area contributed by atoms with Crippen LogP contribution in [0.1, 0.15) is 29.8 Å². The number of morpholine rings is 1. The Bertz CT molecular complexity index is 962. The third-order valence-electron chi connectivity index (χ3n) is 5.85. The number of urea groups is 1. The van der Waals surface area contributed by atoms with E-state index in [1.54, 1.807) is 18.2 Å². The maximum Gasteiger partial charge on any atom is 0.328 e. The van der Waals surface area contributed by atoms with Crippen LogP contribution in [0.3, 0.4) is 0 Å². The van der Waals surface area contributed by atoms with Crippen molar-refractivity contribution in [1.29, 1.82) is 0 Å². The molecule has 4 amide bonds. The van der Waals surface area contributed by atoms with Crippen LogP contribution in [0, 0.1) is 12.0 Å². The largest absolute Gasteiger partial charge is 0.372 e. The second-order valence-corrected chi connectivity index (χ2v) is 7.72. The lowest BCUT2D eigenvalue weighted by atomic mass is 9.66. The van der Waals surface area contributed by atoms with Gasteiger partial charge in [0.2, 0.25) is 17.6 Å². The van der Waals surface area contributed by atoms with Crippen molar-refractivity contribution in [2.45, 2.75) is 38.5 Å². The maximum absolute atomic E-state index is 13.0. The first-order valence-corrected chi connectivity index (χ1v) is 9.36. The Labute approximate surface area is 167 Å². The van der Waals surface area contributed by atoms with Crippen molar-refractivity contribution in [1.82, 2.24) is 10.6 Å². The molecule has 2 saturated heterocycles. The molecule has 0 aromatic heterocycles. The lowest BCUT2D eigenvalue weighted by Gasteiger charge is -2.55. The number of imide groups is 2. The smallest absolute Gasteiger partial charge is 0.328 e. The second-order valence-electron chi connectivity index (χ2n) is 7.72. The van der Waals surface area contributed by atoms with Crippen LogP contribution in [0.15, 0.2) is 18.2 Å². The van der Waals surface area contributed by atoms with E-state index < -0.39 is 35.4 Å². The van der Waals surface area contributed by atoms with E-state index in [9.17, 15) is 19.2 Å². The van der Waals surface area contributed by atoms with E-state index in [1.807, 2.05) is 18.7 Å². The van der Waals surface area contributed by atoms with Crippen LogP contribution >= 0.6 is 0 Å². The molecule has 0 radical (unpaired) electrons. The molecule has 29 heavy (non-hydrogen) atoms. The van der Waals surface area contributed by atoms with Crippen LogP contribution in [-0.4, -0.2) is 55.0 Å². The van der Waals surface area contributed by atoms with Gasteiger partial charge >= 0.3 is 6.03 Å². The van der Waals surface area contributed by atoms with E-state index in [-0.39, 0.29) is 24.9 Å². The quantitative estimate of drug-likeness (QED) is 0.432. The number of carbonyl (C=O) groups is 4. The van der Waals surface area contributed by atoms with Crippen molar-refractivity contribution in [3.05, 3.63) is 40.7 Å². The number of ether oxygens (including phenoxy) is 1. The molecule has 1 aromatic rings. The predicted molar refractivity (Wildman–Crippen MR) is 101 cm³/mol. The number of rotatable bonds is 2. The van der Waals surface area contributed by atoms with Crippen molar-refractivity contribution in [2.75, 3.05) is 18.0 Å². The summed E-state index contributed by atoms with van der Waals surface area (Å²) < 4.78 is 5.94. The number of anilines is 1. The number of fused-ring (bicyclic) bond motifs is 4. The van der Waals surface area contributed by atoms with Gasteiger partial charge in [0.05, 0.1) is 18.2 Å². The fourth-order valence-corrected chi connectivity index (χ4v) is 4.78. The molecule has 0 aliphatic carbocycles. The molecule has 1 aromatic carbocycles. The van der Waals surface area contributed by atoms with Gasteiger partial charge in [0.1, 0.15) is 0 Å².